The van der Waals surface area contributed by atoms with E-state index in [1.807, 2.05) is 13.0 Å². The minimum absolute atomic E-state index is 0.0385. The van der Waals surface area contributed by atoms with Crippen LogP contribution in [-0.4, -0.2) is 34.5 Å². The Morgan fingerprint density at radius 3 is 1.59 bits per heavy atom. The summed E-state index contributed by atoms with van der Waals surface area (Å²) in [4.78, 5) is 11.6. The number of esters is 1. The van der Waals surface area contributed by atoms with E-state index >= 15 is 0 Å². The quantitative estimate of drug-likeness (QED) is 0.0507. The molecule has 0 spiro atoms. The second-order valence-corrected chi connectivity index (χ2v) is 12.7. The van der Waals surface area contributed by atoms with Crippen molar-refractivity contribution in [2.45, 2.75) is 206 Å². The summed E-state index contributed by atoms with van der Waals surface area (Å²) in [6.45, 7) is 4.19. The van der Waals surface area contributed by atoms with Gasteiger partial charge in [-0.15, -0.1) is 0 Å². The molecule has 3 atom stereocenters. The first-order chi connectivity index (χ1) is 20.0. The fourth-order valence-electron chi connectivity index (χ4n) is 5.89. The van der Waals surface area contributed by atoms with Gasteiger partial charge in [0.15, 0.2) is 0 Å². The molecular formula is C37H68O4. The van der Waals surface area contributed by atoms with E-state index in [-0.39, 0.29) is 12.1 Å². The van der Waals surface area contributed by atoms with Gasteiger partial charge in [0.05, 0.1) is 12.2 Å². The number of aliphatic hydroxyl groups is 2. The molecule has 4 nitrogen and oxygen atoms in total. The Hall–Kier alpha value is -1.13. The Kier molecular flexibility index (Phi) is 25.6. The van der Waals surface area contributed by atoms with E-state index < -0.39 is 12.2 Å². The standard InChI is InChI=1S/C37H68O4/c1-3-4-5-6-7-8-9-10-11-15-18-21-24-27-30-35(38)36(39)31-28-25-22-19-16-13-12-14-17-20-23-26-29-34-32-33(2)41-37(34)40/h21,24,32-33,35-36,38-39H,3-20,22-23,25-31H2,1-2H3/b24-21-/t33?,35-,36-/m1/s1. The number of ether oxygens (including phenoxy) is 1. The maximum Gasteiger partial charge on any atom is 0.334 e. The molecule has 1 heterocycles. The second-order valence-electron chi connectivity index (χ2n) is 12.7. The zero-order chi connectivity index (χ0) is 29.8. The van der Waals surface area contributed by atoms with Crippen LogP contribution >= 0.6 is 0 Å². The Balaban J connectivity index is 1.79. The number of hydrogen-bond donors (Lipinski definition) is 2. The van der Waals surface area contributed by atoms with Crippen LogP contribution in [0.25, 0.3) is 0 Å². The molecule has 4 heteroatoms. The lowest BCUT2D eigenvalue weighted by atomic mass is 10.0. The van der Waals surface area contributed by atoms with Crippen LogP contribution < -0.4 is 0 Å². The van der Waals surface area contributed by atoms with Crippen LogP contribution in [0.15, 0.2) is 23.8 Å². The molecule has 41 heavy (non-hydrogen) atoms. The zero-order valence-electron chi connectivity index (χ0n) is 27.3. The topological polar surface area (TPSA) is 66.8 Å². The highest BCUT2D eigenvalue weighted by Crippen LogP contribution is 2.20. The predicted octanol–water partition coefficient (Wildman–Crippen LogP) is 10.7. The number of carbonyl (C=O) groups excluding carboxylic acids is 1. The smallest absolute Gasteiger partial charge is 0.334 e. The number of carbonyl (C=O) groups is 1. The van der Waals surface area contributed by atoms with Crippen LogP contribution in [-0.2, 0) is 9.53 Å². The van der Waals surface area contributed by atoms with Gasteiger partial charge in [-0.2, -0.15) is 0 Å². The van der Waals surface area contributed by atoms with E-state index in [9.17, 15) is 15.0 Å². The van der Waals surface area contributed by atoms with Crippen LogP contribution in [0.4, 0.5) is 0 Å². The number of hydrogen-bond acceptors (Lipinski definition) is 4. The summed E-state index contributed by atoms with van der Waals surface area (Å²) >= 11 is 0. The molecule has 0 aromatic rings. The molecule has 0 aromatic carbocycles. The minimum Gasteiger partial charge on any atom is -0.455 e. The third-order valence-corrected chi connectivity index (χ3v) is 8.65. The monoisotopic (exact) mass is 577 g/mol. The zero-order valence-corrected chi connectivity index (χ0v) is 27.3. The van der Waals surface area contributed by atoms with Gasteiger partial charge in [0, 0.05) is 5.57 Å². The highest BCUT2D eigenvalue weighted by atomic mass is 16.5. The molecule has 0 saturated carbocycles. The highest BCUT2D eigenvalue weighted by Gasteiger charge is 2.21. The Bertz CT molecular complexity index is 655. The number of aliphatic hydroxyl groups excluding tert-OH is 2. The Labute approximate surface area is 254 Å². The first kappa shape index (κ1) is 37.9. The average Bonchev–Trinajstić information content (AvgIpc) is 3.29. The molecule has 0 radical (unpaired) electrons. The van der Waals surface area contributed by atoms with Crippen LogP contribution in [0.1, 0.15) is 187 Å². The summed E-state index contributed by atoms with van der Waals surface area (Å²) in [6, 6.07) is 0. The van der Waals surface area contributed by atoms with Crippen LogP contribution in [0.5, 0.6) is 0 Å². The Morgan fingerprint density at radius 2 is 1.07 bits per heavy atom. The van der Waals surface area contributed by atoms with Gasteiger partial charge in [-0.05, 0) is 57.9 Å². The highest BCUT2D eigenvalue weighted by molar-refractivity contribution is 5.90. The molecule has 1 rings (SSSR count). The van der Waals surface area contributed by atoms with Crippen LogP contribution in [0.2, 0.25) is 0 Å². The third kappa shape index (κ3) is 23.1. The van der Waals surface area contributed by atoms with E-state index in [0.29, 0.717) is 6.42 Å². The largest absolute Gasteiger partial charge is 0.455 e. The normalized spacial score (nSPS) is 16.8. The molecule has 0 amide bonds. The van der Waals surface area contributed by atoms with Gasteiger partial charge >= 0.3 is 5.97 Å². The second kappa shape index (κ2) is 27.7. The van der Waals surface area contributed by atoms with Crippen molar-refractivity contribution in [2.24, 2.45) is 0 Å². The Morgan fingerprint density at radius 1 is 0.634 bits per heavy atom. The fraction of sp³-hybridized carbons (Fsp3) is 0.865. The molecule has 0 aromatic heterocycles. The van der Waals surface area contributed by atoms with E-state index in [0.717, 1.165) is 50.5 Å². The lowest BCUT2D eigenvalue weighted by Crippen LogP contribution is -2.25. The van der Waals surface area contributed by atoms with Gasteiger partial charge in [0.1, 0.15) is 6.10 Å². The first-order valence-electron chi connectivity index (χ1n) is 18.0. The maximum atomic E-state index is 11.6. The maximum absolute atomic E-state index is 11.6. The number of unbranched alkanes of at least 4 members (excludes halogenated alkanes) is 21. The van der Waals surface area contributed by atoms with E-state index in [1.54, 1.807) is 0 Å². The molecule has 1 aliphatic heterocycles. The minimum atomic E-state index is -0.586. The third-order valence-electron chi connectivity index (χ3n) is 8.65. The van der Waals surface area contributed by atoms with Crippen LogP contribution in [0.3, 0.4) is 0 Å². The summed E-state index contributed by atoms with van der Waals surface area (Å²) in [6.07, 6.45) is 38.1. The van der Waals surface area contributed by atoms with Crippen molar-refractivity contribution in [2.75, 3.05) is 0 Å². The van der Waals surface area contributed by atoms with E-state index in [4.69, 9.17) is 4.74 Å². The molecule has 0 fully saturated rings. The van der Waals surface area contributed by atoms with Gasteiger partial charge in [-0.25, -0.2) is 4.79 Å². The van der Waals surface area contributed by atoms with E-state index in [2.05, 4.69) is 19.1 Å². The van der Waals surface area contributed by atoms with Crippen LogP contribution in [0, 0.1) is 0 Å². The van der Waals surface area contributed by atoms with Gasteiger partial charge in [-0.3, -0.25) is 0 Å². The molecule has 0 aliphatic carbocycles. The molecule has 2 N–H and O–H groups in total. The van der Waals surface area contributed by atoms with Gasteiger partial charge < -0.3 is 14.9 Å². The summed E-state index contributed by atoms with van der Waals surface area (Å²) in [5.74, 6) is -0.112. The molecule has 240 valence electrons. The summed E-state index contributed by atoms with van der Waals surface area (Å²) < 4.78 is 5.14. The van der Waals surface area contributed by atoms with Crippen molar-refractivity contribution < 1.29 is 19.7 Å². The molecule has 0 bridgehead atoms. The fourth-order valence-corrected chi connectivity index (χ4v) is 5.89. The molecule has 1 aliphatic rings. The number of rotatable bonds is 30. The first-order valence-corrected chi connectivity index (χ1v) is 18.0. The van der Waals surface area contributed by atoms with Gasteiger partial charge in [0.2, 0.25) is 0 Å². The summed E-state index contributed by atoms with van der Waals surface area (Å²) in [7, 11) is 0. The average molecular weight is 577 g/mol. The van der Waals surface area contributed by atoms with E-state index in [1.165, 1.54) is 122 Å². The van der Waals surface area contributed by atoms with Crippen molar-refractivity contribution in [1.82, 2.24) is 0 Å². The summed E-state index contributed by atoms with van der Waals surface area (Å²) in [5.41, 5.74) is 0.876. The molecular weight excluding hydrogens is 508 g/mol. The molecule has 1 unspecified atom stereocenters. The van der Waals surface area contributed by atoms with Gasteiger partial charge in [0.25, 0.3) is 0 Å². The number of cyclic esters (lactones) is 1. The van der Waals surface area contributed by atoms with Crippen molar-refractivity contribution in [1.29, 1.82) is 0 Å². The van der Waals surface area contributed by atoms with Crippen molar-refractivity contribution in [3.8, 4) is 0 Å². The summed E-state index contributed by atoms with van der Waals surface area (Å²) in [5, 5.41) is 20.5. The van der Waals surface area contributed by atoms with Crippen molar-refractivity contribution in [3.63, 3.8) is 0 Å². The SMILES string of the molecule is CCCCCCCCCCCC/C=C\CC[C@@H](O)[C@H](O)CCCCCCCCCCCCCCC1=CC(C)OC1=O. The molecule has 0 saturated heterocycles. The lowest BCUT2D eigenvalue weighted by Gasteiger charge is -2.17. The lowest BCUT2D eigenvalue weighted by molar-refractivity contribution is -0.139. The number of allylic oxidation sites excluding steroid dienone is 2. The van der Waals surface area contributed by atoms with Crippen molar-refractivity contribution in [3.05, 3.63) is 23.8 Å². The predicted molar refractivity (Wildman–Crippen MR) is 175 cm³/mol. The van der Waals surface area contributed by atoms with Crippen molar-refractivity contribution >= 4 is 5.97 Å². The van der Waals surface area contributed by atoms with Gasteiger partial charge in [-0.1, -0.05) is 147 Å².